The molecular formula is C21H19N3O5. The van der Waals surface area contributed by atoms with E-state index in [2.05, 4.69) is 4.90 Å². The Morgan fingerprint density at radius 2 is 1.69 bits per heavy atom. The van der Waals surface area contributed by atoms with Gasteiger partial charge in [0.25, 0.3) is 0 Å². The second-order valence-electron chi connectivity index (χ2n) is 7.42. The molecule has 0 saturated carbocycles. The highest BCUT2D eigenvalue weighted by Crippen LogP contribution is 2.44. The first-order chi connectivity index (χ1) is 14.3. The van der Waals surface area contributed by atoms with Gasteiger partial charge in [-0.05, 0) is 61.2 Å². The van der Waals surface area contributed by atoms with E-state index in [4.69, 9.17) is 23.9 Å². The highest BCUT2D eigenvalue weighted by molar-refractivity contribution is 5.98. The van der Waals surface area contributed by atoms with Crippen LogP contribution in [0.1, 0.15) is 18.7 Å². The van der Waals surface area contributed by atoms with Gasteiger partial charge in [-0.15, -0.1) is 0 Å². The Morgan fingerprint density at radius 3 is 2.59 bits per heavy atom. The van der Waals surface area contributed by atoms with Gasteiger partial charge in [-0.3, -0.25) is 4.90 Å². The monoisotopic (exact) mass is 393 g/mol. The van der Waals surface area contributed by atoms with Crippen LogP contribution in [0.5, 0.6) is 23.0 Å². The van der Waals surface area contributed by atoms with Crippen LogP contribution in [0.25, 0.3) is 22.2 Å². The summed E-state index contributed by atoms with van der Waals surface area (Å²) in [5.74, 6) is 2.95. The number of ether oxygens (including phenoxy) is 4. The predicted octanol–water partition coefficient (Wildman–Crippen LogP) is 2.59. The van der Waals surface area contributed by atoms with Gasteiger partial charge in [-0.1, -0.05) is 0 Å². The summed E-state index contributed by atoms with van der Waals surface area (Å²) in [7, 11) is 0. The lowest BCUT2D eigenvalue weighted by Crippen LogP contribution is -2.39. The standard InChI is InChI=1S/C21H19N3O5/c25-24-18(10-23-7-1-2-8-23)22-14-4-6-16-21(29-12-27-16)19(14)20(24)13-3-5-15-17(9-13)28-11-26-15/h3-6,9H,1-2,7-8,10-12H2. The van der Waals surface area contributed by atoms with Crippen LogP contribution in [0.3, 0.4) is 0 Å². The molecule has 8 heteroatoms. The minimum absolute atomic E-state index is 0.128. The zero-order valence-electron chi connectivity index (χ0n) is 15.7. The van der Waals surface area contributed by atoms with Crippen LogP contribution < -0.4 is 23.7 Å². The van der Waals surface area contributed by atoms with Gasteiger partial charge >= 0.3 is 5.82 Å². The van der Waals surface area contributed by atoms with Crippen molar-refractivity contribution >= 4 is 10.9 Å². The molecule has 29 heavy (non-hydrogen) atoms. The molecule has 0 N–H and O–H groups in total. The van der Waals surface area contributed by atoms with Gasteiger partial charge in [0.15, 0.2) is 34.2 Å². The molecule has 8 nitrogen and oxygen atoms in total. The minimum Gasteiger partial charge on any atom is -0.710 e. The average Bonchev–Trinajstić information content (AvgIpc) is 3.49. The van der Waals surface area contributed by atoms with E-state index in [-0.39, 0.29) is 13.6 Å². The molecule has 3 aromatic rings. The first kappa shape index (κ1) is 16.7. The van der Waals surface area contributed by atoms with Gasteiger partial charge in [0.05, 0.1) is 0 Å². The van der Waals surface area contributed by atoms with E-state index in [0.29, 0.717) is 52.0 Å². The summed E-state index contributed by atoms with van der Waals surface area (Å²) in [6.45, 7) is 2.80. The molecule has 0 atom stereocenters. The summed E-state index contributed by atoms with van der Waals surface area (Å²) < 4.78 is 23.1. The van der Waals surface area contributed by atoms with Crippen molar-refractivity contribution in [1.29, 1.82) is 0 Å². The summed E-state index contributed by atoms with van der Waals surface area (Å²) in [6.07, 6.45) is 2.31. The third-order valence-electron chi connectivity index (χ3n) is 5.65. The highest BCUT2D eigenvalue weighted by atomic mass is 16.7. The van der Waals surface area contributed by atoms with Crippen molar-refractivity contribution in [1.82, 2.24) is 9.88 Å². The van der Waals surface area contributed by atoms with E-state index in [1.54, 1.807) is 0 Å². The second kappa shape index (κ2) is 6.38. The van der Waals surface area contributed by atoms with Crippen molar-refractivity contribution in [2.75, 3.05) is 26.7 Å². The maximum atomic E-state index is 13.5. The number of benzene rings is 2. The largest absolute Gasteiger partial charge is 0.710 e. The average molecular weight is 393 g/mol. The molecule has 0 bridgehead atoms. The highest BCUT2D eigenvalue weighted by Gasteiger charge is 2.30. The second-order valence-corrected chi connectivity index (χ2v) is 7.42. The summed E-state index contributed by atoms with van der Waals surface area (Å²) in [5, 5.41) is 14.2. The zero-order valence-corrected chi connectivity index (χ0v) is 15.7. The molecule has 3 aliphatic rings. The molecule has 2 aromatic carbocycles. The normalized spacial score (nSPS) is 17.4. The summed E-state index contributed by atoms with van der Waals surface area (Å²) in [4.78, 5) is 6.95. The summed E-state index contributed by atoms with van der Waals surface area (Å²) in [6, 6.07) is 9.25. The van der Waals surface area contributed by atoms with Crippen molar-refractivity contribution in [3.63, 3.8) is 0 Å². The minimum atomic E-state index is 0.128. The quantitative estimate of drug-likeness (QED) is 0.500. The lowest BCUT2D eigenvalue weighted by Gasteiger charge is -2.18. The first-order valence-electron chi connectivity index (χ1n) is 9.75. The SMILES string of the molecule is [O-][n+]1c(CN2CCCC2)nc2ccc3c(c2c1-c1ccc2c(c1)OCO2)OCO3. The summed E-state index contributed by atoms with van der Waals surface area (Å²) >= 11 is 0. The van der Waals surface area contributed by atoms with Crippen LogP contribution >= 0.6 is 0 Å². The number of fused-ring (bicyclic) bond motifs is 4. The van der Waals surface area contributed by atoms with Crippen molar-refractivity contribution in [2.24, 2.45) is 0 Å². The topological polar surface area (TPSA) is 80.0 Å². The van der Waals surface area contributed by atoms with Crippen LogP contribution in [0.2, 0.25) is 0 Å². The molecule has 0 spiro atoms. The molecule has 148 valence electrons. The smallest absolute Gasteiger partial charge is 0.316 e. The van der Waals surface area contributed by atoms with Crippen LogP contribution in [-0.4, -0.2) is 36.6 Å². The maximum Gasteiger partial charge on any atom is 0.316 e. The molecule has 6 rings (SSSR count). The fraction of sp³-hybridized carbons (Fsp3) is 0.333. The van der Waals surface area contributed by atoms with E-state index in [1.807, 2.05) is 30.3 Å². The molecule has 1 aromatic heterocycles. The third-order valence-corrected chi connectivity index (χ3v) is 5.65. The Hall–Kier alpha value is -3.26. The Kier molecular flexibility index (Phi) is 3.67. The molecule has 0 radical (unpaired) electrons. The van der Waals surface area contributed by atoms with Crippen LogP contribution in [0.15, 0.2) is 30.3 Å². The molecule has 1 saturated heterocycles. The molecule has 0 amide bonds. The van der Waals surface area contributed by atoms with E-state index in [1.165, 1.54) is 0 Å². The Bertz CT molecular complexity index is 1130. The van der Waals surface area contributed by atoms with E-state index < -0.39 is 0 Å². The van der Waals surface area contributed by atoms with Gasteiger partial charge in [-0.2, -0.15) is 0 Å². The first-order valence-corrected chi connectivity index (χ1v) is 9.75. The fourth-order valence-corrected chi connectivity index (χ4v) is 4.24. The summed E-state index contributed by atoms with van der Waals surface area (Å²) in [5.41, 5.74) is 1.93. The van der Waals surface area contributed by atoms with Crippen molar-refractivity contribution in [3.8, 4) is 34.3 Å². The molecule has 3 aliphatic heterocycles. The number of hydrogen-bond acceptors (Lipinski definition) is 7. The molecule has 4 heterocycles. The number of rotatable bonds is 3. The third kappa shape index (κ3) is 2.63. The van der Waals surface area contributed by atoms with E-state index in [9.17, 15) is 5.21 Å². The lowest BCUT2D eigenvalue weighted by molar-refractivity contribution is -0.606. The van der Waals surface area contributed by atoms with Crippen molar-refractivity contribution < 1.29 is 23.7 Å². The Balaban J connectivity index is 1.59. The van der Waals surface area contributed by atoms with Crippen LogP contribution in [0.4, 0.5) is 0 Å². The van der Waals surface area contributed by atoms with E-state index >= 15 is 0 Å². The fourth-order valence-electron chi connectivity index (χ4n) is 4.24. The van der Waals surface area contributed by atoms with Gasteiger partial charge < -0.3 is 24.2 Å². The lowest BCUT2D eigenvalue weighted by atomic mass is 10.0. The number of likely N-dealkylation sites (tertiary alicyclic amines) is 1. The predicted molar refractivity (Wildman–Crippen MR) is 103 cm³/mol. The maximum absolute atomic E-state index is 13.5. The number of aromatic nitrogens is 2. The van der Waals surface area contributed by atoms with E-state index in [0.717, 1.165) is 36.2 Å². The van der Waals surface area contributed by atoms with Gasteiger partial charge in [-0.25, -0.2) is 4.73 Å². The Labute approximate surface area is 166 Å². The Morgan fingerprint density at radius 1 is 0.931 bits per heavy atom. The number of hydrogen-bond donors (Lipinski definition) is 0. The van der Waals surface area contributed by atoms with Crippen LogP contribution in [-0.2, 0) is 6.54 Å². The molecule has 1 fully saturated rings. The van der Waals surface area contributed by atoms with Crippen LogP contribution in [0, 0.1) is 5.21 Å². The van der Waals surface area contributed by atoms with Gasteiger partial charge in [0.1, 0.15) is 11.9 Å². The van der Waals surface area contributed by atoms with Crippen molar-refractivity contribution in [3.05, 3.63) is 41.4 Å². The van der Waals surface area contributed by atoms with Gasteiger partial charge in [0, 0.05) is 5.56 Å². The van der Waals surface area contributed by atoms with Crippen molar-refractivity contribution in [2.45, 2.75) is 19.4 Å². The zero-order chi connectivity index (χ0) is 19.4. The van der Waals surface area contributed by atoms with Gasteiger partial charge in [0.2, 0.25) is 13.6 Å². The molecule has 0 unspecified atom stereocenters. The molecule has 0 aliphatic carbocycles. The number of nitrogens with zero attached hydrogens (tertiary/aromatic N) is 3. The molecular weight excluding hydrogens is 374 g/mol.